The van der Waals surface area contributed by atoms with Gasteiger partial charge in [0.2, 0.25) is 11.8 Å². The van der Waals surface area contributed by atoms with Crippen molar-refractivity contribution in [2.45, 2.75) is 51.5 Å². The van der Waals surface area contributed by atoms with Crippen molar-refractivity contribution in [1.29, 1.82) is 0 Å². The Hall–Kier alpha value is -1.10. The number of hydrogen-bond acceptors (Lipinski definition) is 3. The van der Waals surface area contributed by atoms with Crippen LogP contribution in [0.1, 0.15) is 45.4 Å². The van der Waals surface area contributed by atoms with Gasteiger partial charge in [-0.1, -0.05) is 12.8 Å². The number of rotatable bonds is 3. The first-order valence-electron chi connectivity index (χ1n) is 7.84. The summed E-state index contributed by atoms with van der Waals surface area (Å²) in [5.74, 6) is 0.0719. The number of primary amides is 1. The molecule has 0 aromatic heterocycles. The number of carbonyl (C=O) groups excluding carboxylic acids is 2. The second-order valence-electron chi connectivity index (χ2n) is 6.40. The molecule has 114 valence electrons. The Kier molecular flexibility index (Phi) is 5.02. The molecule has 1 heterocycles. The van der Waals surface area contributed by atoms with Crippen molar-refractivity contribution in [3.05, 3.63) is 0 Å². The van der Waals surface area contributed by atoms with E-state index in [2.05, 4.69) is 6.92 Å². The SMILES string of the molecule is CC1CCC(C(N)=O)CN1C(=O)C1CCCCC1CN. The van der Waals surface area contributed by atoms with Crippen molar-refractivity contribution < 1.29 is 9.59 Å². The highest BCUT2D eigenvalue weighted by Crippen LogP contribution is 2.33. The second-order valence-corrected chi connectivity index (χ2v) is 6.40. The van der Waals surface area contributed by atoms with Crippen LogP contribution in [0.4, 0.5) is 0 Å². The fourth-order valence-electron chi connectivity index (χ4n) is 3.67. The molecular formula is C15H27N3O2. The van der Waals surface area contributed by atoms with Gasteiger partial charge in [-0.2, -0.15) is 0 Å². The number of likely N-dealkylation sites (tertiary alicyclic amines) is 1. The zero-order valence-corrected chi connectivity index (χ0v) is 12.4. The van der Waals surface area contributed by atoms with Crippen LogP contribution in [0.5, 0.6) is 0 Å². The van der Waals surface area contributed by atoms with Gasteiger partial charge in [0, 0.05) is 18.5 Å². The summed E-state index contributed by atoms with van der Waals surface area (Å²) in [5, 5.41) is 0. The number of piperidine rings is 1. The van der Waals surface area contributed by atoms with Crippen LogP contribution in [-0.4, -0.2) is 35.8 Å². The van der Waals surface area contributed by atoms with Crippen LogP contribution in [0.2, 0.25) is 0 Å². The van der Waals surface area contributed by atoms with Gasteiger partial charge in [-0.25, -0.2) is 0 Å². The molecule has 0 spiro atoms. The van der Waals surface area contributed by atoms with Gasteiger partial charge in [-0.3, -0.25) is 9.59 Å². The van der Waals surface area contributed by atoms with Crippen molar-refractivity contribution in [3.8, 4) is 0 Å². The summed E-state index contributed by atoms with van der Waals surface area (Å²) in [6.07, 6.45) is 5.92. The smallest absolute Gasteiger partial charge is 0.226 e. The summed E-state index contributed by atoms with van der Waals surface area (Å²) in [6, 6.07) is 0.207. The number of hydrogen-bond donors (Lipinski definition) is 2. The van der Waals surface area contributed by atoms with E-state index < -0.39 is 0 Å². The highest BCUT2D eigenvalue weighted by molar-refractivity contribution is 5.82. The maximum absolute atomic E-state index is 12.8. The molecule has 2 rings (SSSR count). The number of amides is 2. The Morgan fingerprint density at radius 3 is 2.50 bits per heavy atom. The standard InChI is InChI=1S/C15H27N3O2/c1-10-6-7-12(14(17)19)9-18(10)15(20)13-5-3-2-4-11(13)8-16/h10-13H,2-9,16H2,1H3,(H2,17,19). The zero-order valence-electron chi connectivity index (χ0n) is 12.4. The fourth-order valence-corrected chi connectivity index (χ4v) is 3.67. The lowest BCUT2D eigenvalue weighted by Gasteiger charge is -2.41. The van der Waals surface area contributed by atoms with Gasteiger partial charge < -0.3 is 16.4 Å². The Labute approximate surface area is 121 Å². The van der Waals surface area contributed by atoms with Gasteiger partial charge >= 0.3 is 0 Å². The van der Waals surface area contributed by atoms with Crippen molar-refractivity contribution in [2.24, 2.45) is 29.2 Å². The lowest BCUT2D eigenvalue weighted by atomic mass is 9.77. The average molecular weight is 281 g/mol. The maximum Gasteiger partial charge on any atom is 0.226 e. The van der Waals surface area contributed by atoms with E-state index in [0.29, 0.717) is 19.0 Å². The number of nitrogens with zero attached hydrogens (tertiary/aromatic N) is 1. The molecule has 1 saturated carbocycles. The molecule has 0 aromatic carbocycles. The first kappa shape index (κ1) is 15.3. The lowest BCUT2D eigenvalue weighted by Crippen LogP contribution is -2.52. The van der Waals surface area contributed by atoms with Crippen molar-refractivity contribution in [3.63, 3.8) is 0 Å². The van der Waals surface area contributed by atoms with Gasteiger partial charge in [-0.05, 0) is 45.1 Å². The van der Waals surface area contributed by atoms with Gasteiger partial charge in [0.25, 0.3) is 0 Å². The fraction of sp³-hybridized carbons (Fsp3) is 0.867. The molecular weight excluding hydrogens is 254 g/mol. The summed E-state index contributed by atoms with van der Waals surface area (Å²) in [6.45, 7) is 3.14. The van der Waals surface area contributed by atoms with Crippen LogP contribution in [0.25, 0.3) is 0 Å². The number of nitrogens with two attached hydrogens (primary N) is 2. The Bertz CT molecular complexity index is 372. The van der Waals surface area contributed by atoms with Gasteiger partial charge in [-0.15, -0.1) is 0 Å². The van der Waals surface area contributed by atoms with E-state index in [1.807, 2.05) is 4.90 Å². The molecule has 0 aromatic rings. The first-order valence-corrected chi connectivity index (χ1v) is 7.84. The highest BCUT2D eigenvalue weighted by atomic mass is 16.2. The maximum atomic E-state index is 12.8. The Balaban J connectivity index is 2.07. The minimum Gasteiger partial charge on any atom is -0.369 e. The monoisotopic (exact) mass is 281 g/mol. The van der Waals surface area contributed by atoms with E-state index in [1.54, 1.807) is 0 Å². The van der Waals surface area contributed by atoms with Crippen molar-refractivity contribution >= 4 is 11.8 Å². The molecule has 0 bridgehead atoms. The molecule has 4 N–H and O–H groups in total. The van der Waals surface area contributed by atoms with Crippen LogP contribution in [0.3, 0.4) is 0 Å². The summed E-state index contributed by atoms with van der Waals surface area (Å²) in [7, 11) is 0. The average Bonchev–Trinajstić information content (AvgIpc) is 2.46. The molecule has 0 radical (unpaired) electrons. The topological polar surface area (TPSA) is 89.4 Å². The summed E-state index contributed by atoms with van der Waals surface area (Å²) in [5.41, 5.74) is 11.2. The minimum atomic E-state index is -0.284. The van der Waals surface area contributed by atoms with E-state index in [-0.39, 0.29) is 29.7 Å². The van der Waals surface area contributed by atoms with E-state index in [0.717, 1.165) is 32.1 Å². The third-order valence-electron chi connectivity index (χ3n) is 5.10. The van der Waals surface area contributed by atoms with Gasteiger partial charge in [0.15, 0.2) is 0 Å². The van der Waals surface area contributed by atoms with Crippen molar-refractivity contribution in [2.75, 3.05) is 13.1 Å². The largest absolute Gasteiger partial charge is 0.369 e. The molecule has 4 unspecified atom stereocenters. The van der Waals surface area contributed by atoms with E-state index >= 15 is 0 Å². The molecule has 20 heavy (non-hydrogen) atoms. The molecule has 5 heteroatoms. The van der Waals surface area contributed by atoms with Crippen LogP contribution in [-0.2, 0) is 9.59 Å². The van der Waals surface area contributed by atoms with Crippen LogP contribution < -0.4 is 11.5 Å². The number of carbonyl (C=O) groups is 2. The molecule has 4 atom stereocenters. The van der Waals surface area contributed by atoms with Crippen LogP contribution >= 0.6 is 0 Å². The van der Waals surface area contributed by atoms with E-state index in [4.69, 9.17) is 11.5 Å². The molecule has 2 aliphatic rings. The molecule has 2 amide bonds. The second kappa shape index (κ2) is 6.57. The molecule has 1 saturated heterocycles. The van der Waals surface area contributed by atoms with Crippen LogP contribution in [0, 0.1) is 17.8 Å². The molecule has 1 aliphatic heterocycles. The zero-order chi connectivity index (χ0) is 14.7. The van der Waals surface area contributed by atoms with Gasteiger partial charge in [0.1, 0.15) is 0 Å². The minimum absolute atomic E-state index is 0.0443. The predicted octanol–water partition coefficient (Wildman–Crippen LogP) is 0.864. The van der Waals surface area contributed by atoms with Crippen molar-refractivity contribution in [1.82, 2.24) is 4.90 Å². The molecule has 2 fully saturated rings. The molecule has 5 nitrogen and oxygen atoms in total. The lowest BCUT2D eigenvalue weighted by molar-refractivity contribution is -0.144. The third kappa shape index (κ3) is 3.14. The third-order valence-corrected chi connectivity index (χ3v) is 5.10. The van der Waals surface area contributed by atoms with E-state index in [1.165, 1.54) is 6.42 Å². The first-order chi connectivity index (χ1) is 9.54. The van der Waals surface area contributed by atoms with Crippen LogP contribution in [0.15, 0.2) is 0 Å². The molecule has 1 aliphatic carbocycles. The Morgan fingerprint density at radius 2 is 1.85 bits per heavy atom. The summed E-state index contributed by atoms with van der Waals surface area (Å²) in [4.78, 5) is 26.1. The summed E-state index contributed by atoms with van der Waals surface area (Å²) >= 11 is 0. The van der Waals surface area contributed by atoms with Gasteiger partial charge in [0.05, 0.1) is 5.92 Å². The highest BCUT2D eigenvalue weighted by Gasteiger charge is 2.38. The predicted molar refractivity (Wildman–Crippen MR) is 77.6 cm³/mol. The quantitative estimate of drug-likeness (QED) is 0.804. The normalized spacial score (nSPS) is 34.8. The Morgan fingerprint density at radius 1 is 1.15 bits per heavy atom. The van der Waals surface area contributed by atoms with E-state index in [9.17, 15) is 9.59 Å². The summed E-state index contributed by atoms with van der Waals surface area (Å²) < 4.78 is 0.